The van der Waals surface area contributed by atoms with E-state index in [0.717, 1.165) is 0 Å². The van der Waals surface area contributed by atoms with Crippen molar-refractivity contribution < 1.29 is 55.3 Å². The highest BCUT2D eigenvalue weighted by molar-refractivity contribution is 5.98. The number of ketones is 1. The van der Waals surface area contributed by atoms with Crippen molar-refractivity contribution in [2.45, 2.75) is 103 Å². The van der Waals surface area contributed by atoms with Crippen molar-refractivity contribution >= 4 is 40.5 Å². The second-order valence-electron chi connectivity index (χ2n) is 16.8. The minimum Gasteiger partial charge on any atom is -0.465 e. The molecule has 3 aliphatic heterocycles. The molecule has 3 aromatic carbocycles. The number of carbonyl (C=O) groups excluding carboxylic acids is 4. The lowest BCUT2D eigenvalue weighted by Crippen LogP contribution is -2.45. The third kappa shape index (κ3) is 7.67. The van der Waals surface area contributed by atoms with Gasteiger partial charge >= 0.3 is 12.2 Å². The summed E-state index contributed by atoms with van der Waals surface area (Å²) in [5, 5.41) is 3.21. The minimum absolute atomic E-state index is 0.0451. The molecule has 0 aliphatic carbocycles. The highest BCUT2D eigenvalue weighted by Gasteiger charge is 2.40. The van der Waals surface area contributed by atoms with Gasteiger partial charge in [-0.1, -0.05) is 6.07 Å². The molecule has 0 saturated carbocycles. The van der Waals surface area contributed by atoms with Gasteiger partial charge in [-0.05, 0) is 103 Å². The van der Waals surface area contributed by atoms with Gasteiger partial charge in [-0.15, -0.1) is 0 Å². The summed E-state index contributed by atoms with van der Waals surface area (Å²) in [5.74, 6) is -11.6. The molecule has 11 nitrogen and oxygen atoms in total. The summed E-state index contributed by atoms with van der Waals surface area (Å²) in [6.07, 6.45) is -1.21. The Kier molecular flexibility index (Phi) is 10.4. The molecule has 58 heavy (non-hydrogen) atoms. The van der Waals surface area contributed by atoms with Crippen LogP contribution in [0.2, 0.25) is 0 Å². The average Bonchev–Trinajstić information content (AvgIpc) is 3.91. The maximum atomic E-state index is 15.5. The van der Waals surface area contributed by atoms with Crippen LogP contribution in [0, 0.1) is 29.1 Å². The molecule has 0 radical (unpaired) electrons. The van der Waals surface area contributed by atoms with Gasteiger partial charge in [-0.25, -0.2) is 31.5 Å². The van der Waals surface area contributed by atoms with Crippen molar-refractivity contribution in [1.29, 1.82) is 0 Å². The number of halogens is 5. The lowest BCUT2D eigenvalue weighted by molar-refractivity contribution is -0.122. The Labute approximate surface area is 331 Å². The summed E-state index contributed by atoms with van der Waals surface area (Å²) < 4.78 is 93.1. The molecule has 308 valence electrons. The standard InChI is InChI=1S/C42H43F5N4O7/c1-41(2,3)57-39(54)49-15-7-9-26(49)29(52)18-21-11-14-25-22(17-21)19-28-24-13-12-23(48-37(53)27-10-8-16-50(27)40(55)58-42(4,5)6)20-30(24)56-38(51(25)28)31-32(43)34(45)36(47)35(46)33(31)44/h11-14,17,19-20,26-27,38H,7-10,15-16,18H2,1-6H3,(H,48,53)/t26-,27-,38-/m0/s1. The number of likely N-dealkylation sites (tertiary alicyclic amines) is 2. The zero-order valence-electron chi connectivity index (χ0n) is 32.8. The molecule has 2 saturated heterocycles. The smallest absolute Gasteiger partial charge is 0.410 e. The van der Waals surface area contributed by atoms with Crippen molar-refractivity contribution in [3.05, 3.63) is 82.7 Å². The van der Waals surface area contributed by atoms with Crippen molar-refractivity contribution in [1.82, 2.24) is 14.4 Å². The van der Waals surface area contributed by atoms with Gasteiger partial charge in [0.15, 0.2) is 29.1 Å². The number of carbonyl (C=O) groups is 4. The molecule has 7 rings (SSSR count). The summed E-state index contributed by atoms with van der Waals surface area (Å²) >= 11 is 0. The molecule has 4 heterocycles. The van der Waals surface area contributed by atoms with Gasteiger partial charge in [0.05, 0.1) is 22.8 Å². The summed E-state index contributed by atoms with van der Waals surface area (Å²) in [7, 11) is 0. The van der Waals surface area contributed by atoms with E-state index in [1.807, 2.05) is 0 Å². The van der Waals surface area contributed by atoms with E-state index in [1.165, 1.54) is 20.4 Å². The maximum Gasteiger partial charge on any atom is 0.410 e. The summed E-state index contributed by atoms with van der Waals surface area (Å²) in [6.45, 7) is 11.0. The molecule has 4 aromatic rings. The number of ether oxygens (including phenoxy) is 3. The van der Waals surface area contributed by atoms with E-state index in [2.05, 4.69) is 5.32 Å². The largest absolute Gasteiger partial charge is 0.465 e. The Bertz CT molecular complexity index is 2320. The minimum atomic E-state index is -2.33. The quantitative estimate of drug-likeness (QED) is 0.118. The highest BCUT2D eigenvalue weighted by Crippen LogP contribution is 2.47. The van der Waals surface area contributed by atoms with Crippen LogP contribution < -0.4 is 10.1 Å². The molecular weight excluding hydrogens is 767 g/mol. The Hall–Kier alpha value is -5.67. The molecule has 3 atom stereocenters. The number of Topliss-reactive ketones (excluding diaryl/α,β-unsaturated/α-hetero) is 1. The zero-order valence-corrected chi connectivity index (χ0v) is 32.8. The lowest BCUT2D eigenvalue weighted by atomic mass is 10.0. The monoisotopic (exact) mass is 810 g/mol. The molecule has 0 spiro atoms. The first-order valence-electron chi connectivity index (χ1n) is 19.0. The van der Waals surface area contributed by atoms with E-state index in [9.17, 15) is 32.3 Å². The number of hydrogen-bond acceptors (Lipinski definition) is 7. The predicted octanol–water partition coefficient (Wildman–Crippen LogP) is 8.79. The number of aromatic nitrogens is 1. The summed E-state index contributed by atoms with van der Waals surface area (Å²) in [5.41, 5.74) is -1.11. The number of hydrogen-bond donors (Lipinski definition) is 1. The van der Waals surface area contributed by atoms with Crippen LogP contribution in [0.5, 0.6) is 5.75 Å². The Morgan fingerprint density at radius 3 is 1.91 bits per heavy atom. The molecular formula is C42H43F5N4O7. The Morgan fingerprint density at radius 1 is 0.741 bits per heavy atom. The van der Waals surface area contributed by atoms with Gasteiger partial charge in [-0.2, -0.15) is 0 Å². The van der Waals surface area contributed by atoms with Crippen molar-refractivity contribution in [3.8, 4) is 17.0 Å². The molecule has 0 unspecified atom stereocenters. The third-order valence-electron chi connectivity index (χ3n) is 10.2. The number of amides is 3. The Morgan fingerprint density at radius 2 is 1.31 bits per heavy atom. The van der Waals surface area contributed by atoms with Crippen molar-refractivity contribution in [3.63, 3.8) is 0 Å². The van der Waals surface area contributed by atoms with Gasteiger partial charge < -0.3 is 24.1 Å². The topological polar surface area (TPSA) is 119 Å². The first kappa shape index (κ1) is 40.5. The van der Waals surface area contributed by atoms with Crippen LogP contribution in [-0.2, 0) is 25.5 Å². The summed E-state index contributed by atoms with van der Waals surface area (Å²) in [4.78, 5) is 55.5. The van der Waals surface area contributed by atoms with Gasteiger partial charge in [-0.3, -0.25) is 19.4 Å². The Balaban J connectivity index is 1.23. The molecule has 2 fully saturated rings. The van der Waals surface area contributed by atoms with Crippen LogP contribution in [0.15, 0.2) is 42.5 Å². The second kappa shape index (κ2) is 14.9. The van der Waals surface area contributed by atoms with Crippen LogP contribution in [0.3, 0.4) is 0 Å². The third-order valence-corrected chi connectivity index (χ3v) is 10.2. The lowest BCUT2D eigenvalue weighted by Gasteiger charge is -2.31. The fraction of sp³-hybridized carbons (Fsp3) is 0.429. The van der Waals surface area contributed by atoms with Crippen molar-refractivity contribution in [2.24, 2.45) is 0 Å². The highest BCUT2D eigenvalue weighted by atomic mass is 19.2. The number of nitrogens with zero attached hydrogens (tertiary/aromatic N) is 3. The van der Waals surface area contributed by atoms with Crippen LogP contribution in [0.1, 0.15) is 84.6 Å². The van der Waals surface area contributed by atoms with E-state index < -0.39 is 82.3 Å². The van der Waals surface area contributed by atoms with E-state index in [0.29, 0.717) is 60.8 Å². The molecule has 3 aliphatic rings. The van der Waals surface area contributed by atoms with E-state index >= 15 is 8.78 Å². The number of anilines is 1. The second-order valence-corrected chi connectivity index (χ2v) is 16.8. The van der Waals surface area contributed by atoms with Crippen LogP contribution in [0.25, 0.3) is 22.2 Å². The fourth-order valence-corrected chi connectivity index (χ4v) is 7.73. The van der Waals surface area contributed by atoms with Crippen molar-refractivity contribution in [2.75, 3.05) is 18.4 Å². The first-order chi connectivity index (χ1) is 27.2. The summed E-state index contributed by atoms with van der Waals surface area (Å²) in [6, 6.07) is 9.41. The average molecular weight is 811 g/mol. The molecule has 1 aromatic heterocycles. The van der Waals surface area contributed by atoms with Gasteiger partial charge in [0.1, 0.15) is 23.0 Å². The number of benzene rings is 3. The first-order valence-corrected chi connectivity index (χ1v) is 19.0. The molecule has 1 N–H and O–H groups in total. The van der Waals surface area contributed by atoms with Crippen LogP contribution in [0.4, 0.5) is 37.2 Å². The van der Waals surface area contributed by atoms with Crippen LogP contribution >= 0.6 is 0 Å². The maximum absolute atomic E-state index is 15.5. The number of rotatable bonds is 6. The van der Waals surface area contributed by atoms with Crippen LogP contribution in [-0.4, -0.2) is 74.6 Å². The van der Waals surface area contributed by atoms with Gasteiger partial charge in [0.25, 0.3) is 0 Å². The van der Waals surface area contributed by atoms with Gasteiger partial charge in [0, 0.05) is 42.2 Å². The number of fused-ring (bicyclic) bond motifs is 5. The van der Waals surface area contributed by atoms with Gasteiger partial charge in [0.2, 0.25) is 18.0 Å². The predicted molar refractivity (Wildman–Crippen MR) is 202 cm³/mol. The molecule has 3 amide bonds. The van der Waals surface area contributed by atoms with E-state index in [4.69, 9.17) is 14.2 Å². The number of nitrogens with one attached hydrogen (secondary N) is 1. The molecule has 16 heteroatoms. The normalized spacial score (nSPS) is 19.1. The zero-order chi connectivity index (χ0) is 42.0. The van der Waals surface area contributed by atoms with E-state index in [1.54, 1.807) is 77.9 Å². The van der Waals surface area contributed by atoms with E-state index in [-0.39, 0.29) is 29.3 Å². The SMILES string of the molecule is CC(C)(C)OC(=O)N1CCC[C@H]1C(=O)Cc1ccc2c(c1)cc1n2[C@H](c2c(F)c(F)c(F)c(F)c2F)Oc2cc(NC(=O)[C@@H]3CCCN3C(=O)OC(C)(C)C)ccc2-1. The molecule has 0 bridgehead atoms. The fourth-order valence-electron chi connectivity index (χ4n) is 7.73.